The lowest BCUT2D eigenvalue weighted by Crippen LogP contribution is -2.64. The van der Waals surface area contributed by atoms with Gasteiger partial charge in [0.2, 0.25) is 0 Å². The molecule has 2 aliphatic rings. The molecule has 10 atom stereocenters. The molecule has 7 N–H and O–H groups in total. The molecule has 11 nitrogen and oxygen atoms in total. The van der Waals surface area contributed by atoms with E-state index < -0.39 is 74.6 Å². The maximum absolute atomic E-state index is 10.3. The Kier molecular flexibility index (Phi) is 8.12. The van der Waals surface area contributed by atoms with Crippen molar-refractivity contribution >= 4 is 0 Å². The summed E-state index contributed by atoms with van der Waals surface area (Å²) in [6.07, 6.45) is -13.6. The second-order valence-electron chi connectivity index (χ2n) is 6.38. The molecule has 0 aromatic rings. The third-order valence-corrected chi connectivity index (χ3v) is 4.45. The van der Waals surface area contributed by atoms with Crippen molar-refractivity contribution in [1.82, 2.24) is 0 Å². The topological polar surface area (TPSA) is 179 Å². The summed E-state index contributed by atoms with van der Waals surface area (Å²) in [6, 6.07) is 0. The van der Waals surface area contributed by atoms with Gasteiger partial charge in [-0.2, -0.15) is 0 Å². The average Bonchev–Trinajstić information content (AvgIpc) is 2.64. The lowest BCUT2D eigenvalue weighted by molar-refractivity contribution is -0.359. The molecule has 2 fully saturated rings. The fourth-order valence-corrected chi connectivity index (χ4v) is 2.93. The Bertz CT molecular complexity index is 420. The minimum atomic E-state index is -1.69. The van der Waals surface area contributed by atoms with Gasteiger partial charge >= 0.3 is 0 Å². The van der Waals surface area contributed by atoms with E-state index in [9.17, 15) is 35.7 Å². The van der Waals surface area contributed by atoms with E-state index >= 15 is 0 Å². The minimum absolute atomic E-state index is 0.269. The third-order valence-electron chi connectivity index (χ3n) is 4.45. The first-order valence-electron chi connectivity index (χ1n) is 8.55. The van der Waals surface area contributed by atoms with Gasteiger partial charge in [0.15, 0.2) is 12.6 Å². The molecule has 0 bridgehead atoms. The Labute approximate surface area is 150 Å². The van der Waals surface area contributed by atoms with Crippen LogP contribution in [-0.4, -0.2) is 117 Å². The largest absolute Gasteiger partial charge is 0.394 e. The number of rotatable bonds is 7. The first-order chi connectivity index (χ1) is 12.3. The molecule has 0 aromatic carbocycles. The van der Waals surface area contributed by atoms with Crippen LogP contribution >= 0.6 is 0 Å². The van der Waals surface area contributed by atoms with Crippen LogP contribution in [0, 0.1) is 0 Å². The number of ether oxygens (including phenoxy) is 4. The van der Waals surface area contributed by atoms with Crippen LogP contribution in [-0.2, 0) is 18.9 Å². The Morgan fingerprint density at radius 2 is 1.31 bits per heavy atom. The van der Waals surface area contributed by atoms with E-state index in [4.69, 9.17) is 18.9 Å². The molecular weight excluding hydrogens is 356 g/mol. The number of aliphatic hydroxyl groups excluding tert-OH is 7. The van der Waals surface area contributed by atoms with Gasteiger partial charge in [-0.15, -0.1) is 0 Å². The molecule has 0 aliphatic carbocycles. The van der Waals surface area contributed by atoms with Crippen LogP contribution in [0.4, 0.5) is 0 Å². The fourth-order valence-electron chi connectivity index (χ4n) is 2.93. The van der Waals surface area contributed by atoms with Crippen LogP contribution in [0.3, 0.4) is 0 Å². The lowest BCUT2D eigenvalue weighted by Gasteiger charge is -2.45. The summed E-state index contributed by atoms with van der Waals surface area (Å²) in [5.41, 5.74) is 0. The van der Waals surface area contributed by atoms with Crippen LogP contribution in [0.5, 0.6) is 0 Å². The van der Waals surface area contributed by atoms with Crippen LogP contribution in [0.1, 0.15) is 13.3 Å². The Morgan fingerprint density at radius 1 is 0.731 bits per heavy atom. The highest BCUT2D eigenvalue weighted by molar-refractivity contribution is 4.94. The zero-order chi connectivity index (χ0) is 19.4. The number of aliphatic hydroxyl groups is 7. The summed E-state index contributed by atoms with van der Waals surface area (Å²) >= 11 is 0. The van der Waals surface area contributed by atoms with Crippen LogP contribution in [0.2, 0.25) is 0 Å². The summed E-state index contributed by atoms with van der Waals surface area (Å²) in [5.74, 6) is 0. The van der Waals surface area contributed by atoms with Gasteiger partial charge in [-0.3, -0.25) is 0 Å². The monoisotopic (exact) mass is 384 g/mol. The molecule has 2 aliphatic heterocycles. The highest BCUT2D eigenvalue weighted by Gasteiger charge is 2.50. The normalized spacial score (nSPS) is 47.1. The molecule has 2 saturated heterocycles. The van der Waals surface area contributed by atoms with E-state index in [-0.39, 0.29) is 6.61 Å². The molecule has 2 rings (SSSR count). The summed E-state index contributed by atoms with van der Waals surface area (Å²) in [6.45, 7) is 0.885. The van der Waals surface area contributed by atoms with E-state index in [0.717, 1.165) is 0 Å². The molecule has 0 aromatic heterocycles. The van der Waals surface area contributed by atoms with Crippen molar-refractivity contribution in [3.63, 3.8) is 0 Å². The van der Waals surface area contributed by atoms with Gasteiger partial charge < -0.3 is 54.7 Å². The molecule has 0 saturated carbocycles. The minimum Gasteiger partial charge on any atom is -0.394 e. The zero-order valence-corrected chi connectivity index (χ0v) is 14.4. The molecule has 0 radical (unpaired) electrons. The smallest absolute Gasteiger partial charge is 0.187 e. The Balaban J connectivity index is 2.09. The molecule has 26 heavy (non-hydrogen) atoms. The van der Waals surface area contributed by atoms with Gasteiger partial charge in [-0.05, 0) is 6.42 Å². The first-order valence-corrected chi connectivity index (χ1v) is 8.55. The van der Waals surface area contributed by atoms with Crippen LogP contribution in [0.25, 0.3) is 0 Å². The van der Waals surface area contributed by atoms with Crippen molar-refractivity contribution in [1.29, 1.82) is 0 Å². The molecule has 0 amide bonds. The highest BCUT2D eigenvalue weighted by atomic mass is 16.7. The summed E-state index contributed by atoms with van der Waals surface area (Å²) in [7, 11) is 0. The summed E-state index contributed by atoms with van der Waals surface area (Å²) < 4.78 is 21.3. The lowest BCUT2D eigenvalue weighted by atomic mass is 9.97. The van der Waals surface area contributed by atoms with Crippen LogP contribution in [0.15, 0.2) is 0 Å². The quantitative estimate of drug-likeness (QED) is 0.228. The predicted molar refractivity (Wildman–Crippen MR) is 82.6 cm³/mol. The first kappa shape index (κ1) is 21.9. The van der Waals surface area contributed by atoms with Gasteiger partial charge in [-0.25, -0.2) is 0 Å². The number of hydrogen-bond donors (Lipinski definition) is 7. The molecule has 2 heterocycles. The van der Waals surface area contributed by atoms with Crippen molar-refractivity contribution in [2.75, 3.05) is 19.8 Å². The maximum Gasteiger partial charge on any atom is 0.187 e. The van der Waals surface area contributed by atoms with Gasteiger partial charge in [0.05, 0.1) is 13.2 Å². The SMILES string of the molecule is CCCO[C@H]1OC(CO)[C@H](O[C@@H]2OC(CO)[C@H](O)C(O)C2O)C(O)C1O. The second-order valence-corrected chi connectivity index (χ2v) is 6.38. The van der Waals surface area contributed by atoms with Gasteiger partial charge in [-0.1, -0.05) is 6.92 Å². The van der Waals surface area contributed by atoms with Gasteiger partial charge in [0.1, 0.15) is 48.8 Å². The van der Waals surface area contributed by atoms with Crippen LogP contribution < -0.4 is 0 Å². The molecule has 0 spiro atoms. The fraction of sp³-hybridized carbons (Fsp3) is 1.00. The van der Waals surface area contributed by atoms with Gasteiger partial charge in [0, 0.05) is 6.61 Å². The van der Waals surface area contributed by atoms with E-state index in [1.165, 1.54) is 0 Å². The zero-order valence-electron chi connectivity index (χ0n) is 14.4. The highest BCUT2D eigenvalue weighted by Crippen LogP contribution is 2.29. The van der Waals surface area contributed by atoms with E-state index in [1.807, 2.05) is 6.92 Å². The number of hydrogen-bond acceptors (Lipinski definition) is 11. The maximum atomic E-state index is 10.3. The van der Waals surface area contributed by atoms with E-state index in [2.05, 4.69) is 0 Å². The Morgan fingerprint density at radius 3 is 1.88 bits per heavy atom. The van der Waals surface area contributed by atoms with Gasteiger partial charge in [0.25, 0.3) is 0 Å². The van der Waals surface area contributed by atoms with Crippen molar-refractivity contribution in [2.24, 2.45) is 0 Å². The molecule has 11 heteroatoms. The predicted octanol–water partition coefficient (Wildman–Crippen LogP) is -3.96. The summed E-state index contributed by atoms with van der Waals surface area (Å²) in [4.78, 5) is 0. The molecule has 6 unspecified atom stereocenters. The van der Waals surface area contributed by atoms with Crippen molar-refractivity contribution in [3.05, 3.63) is 0 Å². The Hall–Kier alpha value is -0.440. The standard InChI is InChI=1S/C15H28O11/c1-2-3-23-14-12(22)10(20)13(7(5-17)25-14)26-15-11(21)9(19)8(18)6(4-16)24-15/h6-22H,2-5H2,1H3/t6?,7?,8-,9?,10?,11?,12?,13-,14-,15-/m0/s1. The molecular formula is C15H28O11. The third kappa shape index (κ3) is 4.51. The van der Waals surface area contributed by atoms with E-state index in [1.54, 1.807) is 0 Å². The van der Waals surface area contributed by atoms with Crippen molar-refractivity contribution < 1.29 is 54.7 Å². The van der Waals surface area contributed by atoms with E-state index in [0.29, 0.717) is 6.42 Å². The van der Waals surface area contributed by atoms with Crippen molar-refractivity contribution in [2.45, 2.75) is 74.8 Å². The second kappa shape index (κ2) is 9.66. The molecule has 154 valence electrons. The summed E-state index contributed by atoms with van der Waals surface area (Å²) in [5, 5.41) is 68.7. The average molecular weight is 384 g/mol. The van der Waals surface area contributed by atoms with Crippen molar-refractivity contribution in [3.8, 4) is 0 Å².